The molecule has 134 valence electrons. The van der Waals surface area contributed by atoms with E-state index in [0.29, 0.717) is 16.4 Å². The monoisotopic (exact) mass is 369 g/mol. The Morgan fingerprint density at radius 3 is 2.42 bits per heavy atom. The average molecular weight is 369 g/mol. The number of carbonyl (C=O) groups excluding carboxylic acids is 2. The Kier molecular flexibility index (Phi) is 5.63. The lowest BCUT2D eigenvalue weighted by atomic mass is 10.1. The highest BCUT2D eigenvalue weighted by Gasteiger charge is 2.34. The van der Waals surface area contributed by atoms with Crippen molar-refractivity contribution in [1.82, 2.24) is 4.90 Å². The third-order valence-electron chi connectivity index (χ3n) is 3.89. The third kappa shape index (κ3) is 4.08. The molecule has 2 amide bonds. The van der Waals surface area contributed by atoms with Crippen LogP contribution in [0.2, 0.25) is 0 Å². The predicted molar refractivity (Wildman–Crippen MR) is 102 cm³/mol. The van der Waals surface area contributed by atoms with Crippen LogP contribution in [0.3, 0.4) is 0 Å². The molecule has 0 saturated carbocycles. The number of thioether (sulfide) groups is 1. The maximum atomic E-state index is 12.5. The van der Waals surface area contributed by atoms with E-state index in [-0.39, 0.29) is 24.3 Å². The van der Waals surface area contributed by atoms with Crippen molar-refractivity contribution in [3.63, 3.8) is 0 Å². The van der Waals surface area contributed by atoms with Gasteiger partial charge in [0, 0.05) is 0 Å². The molecule has 5 nitrogen and oxygen atoms in total. The molecule has 1 aliphatic heterocycles. The standard InChI is InChI=1S/C20H19NO4S/c1-14-7-9-15(10-8-14)13-18-19(22)21(20(23)26-18)11-12-25-17-6-4-3-5-16(17)24-2/h3-10,13H,11-12H2,1-2H3/b18-13-. The van der Waals surface area contributed by atoms with Gasteiger partial charge in [0.15, 0.2) is 11.5 Å². The summed E-state index contributed by atoms with van der Waals surface area (Å²) >= 11 is 0.953. The van der Waals surface area contributed by atoms with Crippen molar-refractivity contribution in [3.8, 4) is 11.5 Å². The minimum Gasteiger partial charge on any atom is -0.493 e. The van der Waals surface area contributed by atoms with Gasteiger partial charge in [-0.3, -0.25) is 14.5 Å². The van der Waals surface area contributed by atoms with Crippen LogP contribution in [0, 0.1) is 6.92 Å². The van der Waals surface area contributed by atoms with Crippen molar-refractivity contribution in [1.29, 1.82) is 0 Å². The van der Waals surface area contributed by atoms with Crippen molar-refractivity contribution in [2.75, 3.05) is 20.3 Å². The van der Waals surface area contributed by atoms with Gasteiger partial charge in [0.25, 0.3) is 11.1 Å². The van der Waals surface area contributed by atoms with Crippen LogP contribution in [0.1, 0.15) is 11.1 Å². The van der Waals surface area contributed by atoms with Crippen LogP contribution in [0.5, 0.6) is 11.5 Å². The first kappa shape index (κ1) is 18.1. The molecule has 0 spiro atoms. The molecule has 1 aliphatic rings. The Labute approximate surface area is 156 Å². The molecule has 0 aromatic heterocycles. The first-order valence-electron chi connectivity index (χ1n) is 8.16. The third-order valence-corrected chi connectivity index (χ3v) is 4.80. The summed E-state index contributed by atoms with van der Waals surface area (Å²) in [5.74, 6) is 0.905. The zero-order valence-corrected chi connectivity index (χ0v) is 15.4. The average Bonchev–Trinajstić information content (AvgIpc) is 2.91. The summed E-state index contributed by atoms with van der Waals surface area (Å²) in [5.41, 5.74) is 2.04. The van der Waals surface area contributed by atoms with Crippen molar-refractivity contribution in [3.05, 3.63) is 64.6 Å². The fourth-order valence-electron chi connectivity index (χ4n) is 2.49. The van der Waals surface area contributed by atoms with Crippen molar-refractivity contribution < 1.29 is 19.1 Å². The highest BCUT2D eigenvalue weighted by Crippen LogP contribution is 2.32. The summed E-state index contributed by atoms with van der Waals surface area (Å²) < 4.78 is 10.9. The van der Waals surface area contributed by atoms with E-state index >= 15 is 0 Å². The Bertz CT molecular complexity index is 845. The molecule has 0 radical (unpaired) electrons. The van der Waals surface area contributed by atoms with Gasteiger partial charge in [0.05, 0.1) is 18.6 Å². The first-order valence-corrected chi connectivity index (χ1v) is 8.98. The SMILES string of the molecule is COc1ccccc1OCCN1C(=O)S/C(=C\c2ccc(C)cc2)C1=O. The molecule has 26 heavy (non-hydrogen) atoms. The predicted octanol–water partition coefficient (Wildman–Crippen LogP) is 4.12. The van der Waals surface area contributed by atoms with E-state index in [4.69, 9.17) is 9.47 Å². The molecule has 3 rings (SSSR count). The number of benzene rings is 2. The normalized spacial score (nSPS) is 15.6. The molecule has 0 aliphatic carbocycles. The highest BCUT2D eigenvalue weighted by molar-refractivity contribution is 8.18. The molecule has 1 saturated heterocycles. The quantitative estimate of drug-likeness (QED) is 0.717. The van der Waals surface area contributed by atoms with E-state index in [1.54, 1.807) is 25.3 Å². The summed E-state index contributed by atoms with van der Waals surface area (Å²) in [6, 6.07) is 15.0. The second kappa shape index (κ2) is 8.10. The largest absolute Gasteiger partial charge is 0.493 e. The van der Waals surface area contributed by atoms with E-state index in [2.05, 4.69) is 0 Å². The number of nitrogens with zero attached hydrogens (tertiary/aromatic N) is 1. The van der Waals surface area contributed by atoms with Gasteiger partial charge in [0.1, 0.15) is 6.61 Å². The highest BCUT2D eigenvalue weighted by atomic mass is 32.2. The molecule has 2 aromatic rings. The molecular formula is C20H19NO4S. The number of hydrogen-bond donors (Lipinski definition) is 0. The maximum Gasteiger partial charge on any atom is 0.293 e. The molecular weight excluding hydrogens is 350 g/mol. The van der Waals surface area contributed by atoms with Crippen molar-refractivity contribution in [2.45, 2.75) is 6.92 Å². The Morgan fingerprint density at radius 2 is 1.73 bits per heavy atom. The summed E-state index contributed by atoms with van der Waals surface area (Å²) in [4.78, 5) is 26.3. The maximum absolute atomic E-state index is 12.5. The minimum absolute atomic E-state index is 0.188. The summed E-state index contributed by atoms with van der Waals surface area (Å²) in [6.45, 7) is 2.39. The van der Waals surface area contributed by atoms with Crippen LogP contribution in [0.25, 0.3) is 6.08 Å². The van der Waals surface area contributed by atoms with Crippen LogP contribution < -0.4 is 9.47 Å². The fraction of sp³-hybridized carbons (Fsp3) is 0.200. The lowest BCUT2D eigenvalue weighted by molar-refractivity contribution is -0.123. The topological polar surface area (TPSA) is 55.8 Å². The van der Waals surface area contributed by atoms with Crippen LogP contribution in [0.4, 0.5) is 4.79 Å². The van der Waals surface area contributed by atoms with Gasteiger partial charge in [-0.1, -0.05) is 42.0 Å². The van der Waals surface area contributed by atoms with Gasteiger partial charge < -0.3 is 9.47 Å². The zero-order chi connectivity index (χ0) is 18.5. The summed E-state index contributed by atoms with van der Waals surface area (Å²) in [6.07, 6.45) is 1.74. The zero-order valence-electron chi connectivity index (χ0n) is 14.6. The molecule has 0 N–H and O–H groups in total. The number of hydrogen-bond acceptors (Lipinski definition) is 5. The molecule has 1 heterocycles. The molecule has 0 atom stereocenters. The van der Waals surface area contributed by atoms with E-state index in [0.717, 1.165) is 22.9 Å². The number of para-hydroxylation sites is 2. The first-order chi connectivity index (χ1) is 12.6. The second-order valence-electron chi connectivity index (χ2n) is 5.74. The Balaban J connectivity index is 1.63. The van der Waals surface area contributed by atoms with E-state index < -0.39 is 0 Å². The van der Waals surface area contributed by atoms with Gasteiger partial charge in [-0.15, -0.1) is 0 Å². The van der Waals surface area contributed by atoms with Gasteiger partial charge in [-0.2, -0.15) is 0 Å². The lowest BCUT2D eigenvalue weighted by Gasteiger charge is -2.14. The lowest BCUT2D eigenvalue weighted by Crippen LogP contribution is -2.32. The number of carbonyl (C=O) groups is 2. The molecule has 6 heteroatoms. The number of amides is 2. The van der Waals surface area contributed by atoms with Crippen LogP contribution >= 0.6 is 11.8 Å². The number of methoxy groups -OCH3 is 1. The van der Waals surface area contributed by atoms with E-state index in [1.165, 1.54) is 4.90 Å². The summed E-state index contributed by atoms with van der Waals surface area (Å²) in [7, 11) is 1.56. The number of rotatable bonds is 6. The van der Waals surface area contributed by atoms with Crippen LogP contribution in [-0.2, 0) is 4.79 Å². The van der Waals surface area contributed by atoms with Gasteiger partial charge >= 0.3 is 0 Å². The van der Waals surface area contributed by atoms with Crippen molar-refractivity contribution in [2.24, 2.45) is 0 Å². The smallest absolute Gasteiger partial charge is 0.293 e. The Hall–Kier alpha value is -2.73. The molecule has 0 unspecified atom stereocenters. The van der Waals surface area contributed by atoms with E-state index in [9.17, 15) is 9.59 Å². The molecule has 2 aromatic carbocycles. The van der Waals surface area contributed by atoms with Gasteiger partial charge in [-0.05, 0) is 42.5 Å². The Morgan fingerprint density at radius 1 is 1.04 bits per heavy atom. The number of ether oxygens (including phenoxy) is 2. The fourth-order valence-corrected chi connectivity index (χ4v) is 3.36. The minimum atomic E-state index is -0.288. The van der Waals surface area contributed by atoms with Crippen LogP contribution in [-0.4, -0.2) is 36.3 Å². The van der Waals surface area contributed by atoms with Gasteiger partial charge in [0.2, 0.25) is 0 Å². The summed E-state index contributed by atoms with van der Waals surface area (Å²) in [5, 5.41) is -0.281. The molecule has 0 bridgehead atoms. The molecule has 1 fully saturated rings. The second-order valence-corrected chi connectivity index (χ2v) is 6.74. The van der Waals surface area contributed by atoms with E-state index in [1.807, 2.05) is 43.3 Å². The number of imide groups is 1. The van der Waals surface area contributed by atoms with Crippen LogP contribution in [0.15, 0.2) is 53.4 Å². The number of aryl methyl sites for hydroxylation is 1. The van der Waals surface area contributed by atoms with Crippen molar-refractivity contribution >= 4 is 29.0 Å². The van der Waals surface area contributed by atoms with Gasteiger partial charge in [-0.25, -0.2) is 0 Å².